The molecule has 0 atom stereocenters. The van der Waals surface area contributed by atoms with Crippen molar-refractivity contribution in [3.8, 4) is 0 Å². The molecule has 28 nitrogen and oxygen atoms in total. The van der Waals surface area contributed by atoms with E-state index in [1.165, 1.54) is 96.4 Å². The van der Waals surface area contributed by atoms with Crippen molar-refractivity contribution in [2.45, 2.75) is 133 Å². The Morgan fingerprint density at radius 2 is 0.714 bits per heavy atom. The molecule has 0 aromatic heterocycles. The minimum Gasteiger partial charge on any atom is -0.450 e. The summed E-state index contributed by atoms with van der Waals surface area (Å²) in [4.78, 5) is 121. The smallest absolute Gasteiger partial charge is 0.450 e. The summed E-state index contributed by atoms with van der Waals surface area (Å²) in [5.41, 5.74) is 0. The summed E-state index contributed by atoms with van der Waals surface area (Å²) in [5.74, 6) is 0. The molecule has 0 aromatic carbocycles. The number of unbranched alkanes of at least 4 members (excludes halogenated alkanes) is 13. The number of hydrogen-bond donors (Lipinski definition) is 14. The van der Waals surface area contributed by atoms with Gasteiger partial charge in [0.25, 0.3) is 0 Å². The van der Waals surface area contributed by atoms with Crippen LogP contribution in [0.25, 0.3) is 0 Å². The molecule has 0 amide bonds. The van der Waals surface area contributed by atoms with Gasteiger partial charge in [-0.2, -0.15) is 6.08 Å². The van der Waals surface area contributed by atoms with E-state index in [0.717, 1.165) is 6.54 Å². The first kappa shape index (κ1) is 65.3. The predicted octanol–water partition coefficient (Wildman–Crippen LogP) is 0.750. The van der Waals surface area contributed by atoms with Gasteiger partial charge in [0.05, 0.1) is 0 Å². The molecule has 0 unspecified atom stereocenters. The van der Waals surface area contributed by atoms with Crippen LogP contribution in [0.15, 0.2) is 18.4 Å². The van der Waals surface area contributed by atoms with Crippen LogP contribution in [0.3, 0.4) is 0 Å². The summed E-state index contributed by atoms with van der Waals surface area (Å²) in [5, 5.41) is 13.9. The second-order valence-electron chi connectivity index (χ2n) is 13.4. The molecule has 1 aliphatic carbocycles. The van der Waals surface area contributed by atoms with Crippen LogP contribution >= 0.6 is 46.9 Å². The molecular formula is C28H58NNaO27P6. The molecule has 1 aliphatic heterocycles. The van der Waals surface area contributed by atoms with E-state index in [1.807, 2.05) is 6.08 Å². The topological polar surface area (TPSA) is 461 Å². The third-order valence-electron chi connectivity index (χ3n) is 8.10. The van der Waals surface area contributed by atoms with Crippen LogP contribution in [0.2, 0.25) is 0 Å². The average Bonchev–Trinajstić information content (AvgIpc) is 3.07. The Bertz CT molecular complexity index is 1420. The van der Waals surface area contributed by atoms with E-state index in [0.29, 0.717) is 0 Å². The fourth-order valence-corrected chi connectivity index (χ4v) is 9.25. The Balaban J connectivity index is 0. The minimum absolute atomic E-state index is 0. The van der Waals surface area contributed by atoms with Crippen molar-refractivity contribution in [1.82, 2.24) is 4.90 Å². The summed E-state index contributed by atoms with van der Waals surface area (Å²) in [6, 6.07) is 0. The van der Waals surface area contributed by atoms with Crippen LogP contribution in [0.4, 0.5) is 4.79 Å². The van der Waals surface area contributed by atoms with Gasteiger partial charge in [0.2, 0.25) is 0 Å². The van der Waals surface area contributed by atoms with Crippen molar-refractivity contribution in [3.05, 3.63) is 24.4 Å². The molecule has 1 saturated carbocycles. The van der Waals surface area contributed by atoms with Crippen molar-refractivity contribution in [3.63, 3.8) is 0 Å². The zero-order valence-corrected chi connectivity index (χ0v) is 41.6. The zero-order valence-electron chi connectivity index (χ0n) is 34.2. The molecule has 1 heterocycles. The molecule has 368 valence electrons. The fourth-order valence-electron chi connectivity index (χ4n) is 5.91. The maximum Gasteiger partial charge on any atom is 1.00 e. The number of carboxylic acid groups (broad SMARTS) is 2. The van der Waals surface area contributed by atoms with E-state index in [4.69, 9.17) is 73.7 Å². The van der Waals surface area contributed by atoms with Gasteiger partial charge in [-0.1, -0.05) is 96.6 Å². The monoisotopic (exact) mass is 1050 g/mol. The summed E-state index contributed by atoms with van der Waals surface area (Å²) in [7, 11) is -36.1. The molecule has 0 saturated heterocycles. The first-order chi connectivity index (χ1) is 28.2. The first-order valence-electron chi connectivity index (χ1n) is 18.6. The maximum atomic E-state index is 11.4. The average molecular weight is 1050 g/mol. The molecule has 2 rings (SSSR count). The van der Waals surface area contributed by atoms with Crippen LogP contribution in [-0.4, -0.2) is 130 Å². The van der Waals surface area contributed by atoms with Gasteiger partial charge >= 0.3 is 82.6 Å². The SMILES string of the molecule is CCCCCCCCCCCCCCCCN1C=CC=[C-]C1.O=C(O)O.O=P(O)(O)OC1C(OP(=O)(O)O)C(OP(=O)(O)O)C(OP(=O)(O)O)C(OP(=O)(O)O)C1OP(=O)(O)O.[Na+]. The van der Waals surface area contributed by atoms with Gasteiger partial charge in [-0.15, -0.1) is 0 Å². The van der Waals surface area contributed by atoms with E-state index in [2.05, 4.69) is 57.3 Å². The zero-order chi connectivity index (χ0) is 48.0. The number of phosphoric acid groups is 6. The summed E-state index contributed by atoms with van der Waals surface area (Å²) < 4.78 is 93.1. The molecule has 63 heavy (non-hydrogen) atoms. The Morgan fingerprint density at radius 1 is 0.492 bits per heavy atom. The second-order valence-corrected chi connectivity index (χ2v) is 20.6. The summed E-state index contributed by atoms with van der Waals surface area (Å²) in [6.07, 6.45) is 8.97. The maximum absolute atomic E-state index is 11.4. The third kappa shape index (κ3) is 36.9. The van der Waals surface area contributed by atoms with Gasteiger partial charge in [0, 0.05) is 6.54 Å². The van der Waals surface area contributed by atoms with Gasteiger partial charge in [-0.05, 0) is 13.0 Å². The molecule has 0 bridgehead atoms. The Labute approximate surface area is 385 Å². The minimum atomic E-state index is -6.02. The molecule has 0 aromatic rings. The number of allylic oxidation sites excluding steroid dienone is 2. The molecule has 35 heteroatoms. The first-order valence-corrected chi connectivity index (χ1v) is 27.7. The number of nitrogens with zero attached hydrogens (tertiary/aromatic N) is 1. The van der Waals surface area contributed by atoms with E-state index in [-0.39, 0.29) is 29.6 Å². The quantitative estimate of drug-likeness (QED) is 0.0234. The van der Waals surface area contributed by atoms with E-state index in [1.54, 1.807) is 0 Å². The number of hydrogen-bond acceptors (Lipinski definition) is 14. The fraction of sp³-hybridized carbons (Fsp3) is 0.821. The van der Waals surface area contributed by atoms with Crippen molar-refractivity contribution >= 4 is 53.1 Å². The third-order valence-corrected chi connectivity index (χ3v) is 11.2. The molecule has 14 N–H and O–H groups in total. The van der Waals surface area contributed by atoms with Crippen molar-refractivity contribution < 1.29 is 158 Å². The predicted molar refractivity (Wildman–Crippen MR) is 211 cm³/mol. The number of carbonyl (C=O) groups is 1. The van der Waals surface area contributed by atoms with Crippen LogP contribution in [0.1, 0.15) is 96.8 Å². The van der Waals surface area contributed by atoms with Gasteiger partial charge in [-0.25, -0.2) is 38.3 Å². The molecule has 0 spiro atoms. The van der Waals surface area contributed by atoms with Crippen molar-refractivity contribution in [2.24, 2.45) is 0 Å². The second kappa shape index (κ2) is 31.4. The Hall–Kier alpha value is 0.210. The number of phosphoric ester groups is 6. The van der Waals surface area contributed by atoms with Crippen LogP contribution in [0, 0.1) is 6.08 Å². The normalized spacial score (nSPS) is 22.0. The molecule has 0 radical (unpaired) electrons. The van der Waals surface area contributed by atoms with Crippen molar-refractivity contribution in [2.75, 3.05) is 13.1 Å². The Kier molecular flexibility index (Phi) is 32.5. The van der Waals surface area contributed by atoms with Crippen LogP contribution in [-0.2, 0) is 54.5 Å². The molecule has 2 aliphatic rings. The summed E-state index contributed by atoms with van der Waals surface area (Å²) >= 11 is 0. The van der Waals surface area contributed by atoms with Crippen LogP contribution in [0.5, 0.6) is 0 Å². The van der Waals surface area contributed by atoms with Gasteiger partial charge < -0.3 is 73.8 Å². The molecule has 1 fully saturated rings. The Morgan fingerprint density at radius 3 is 0.905 bits per heavy atom. The van der Waals surface area contributed by atoms with E-state index < -0.39 is 89.7 Å². The van der Waals surface area contributed by atoms with Gasteiger partial charge in [0.1, 0.15) is 36.6 Å². The molecular weight excluding hydrogens is 991 g/mol. The van der Waals surface area contributed by atoms with Crippen LogP contribution < -0.4 is 29.6 Å². The van der Waals surface area contributed by atoms with Gasteiger partial charge in [0.15, 0.2) is 0 Å². The number of rotatable bonds is 27. The standard InChI is InChI=1S/C21H38N.C6H18O24P6.CH2O3.Na/c1-2-3-4-5-6-7-8-9-10-11-12-13-14-16-19-22-20-17-15-18-21-22;7-31(8,9)25-1-2(26-32(10,11)12)4(28-34(16,17)18)6(30-36(22,23)24)5(29-35(19,20)21)3(1)27-33(13,14)15;2-1(3)4;/h15,17,20H,2-14,16,19,21H2,1H3;1-6H,(H2,7,8,9)(H2,10,11,12)(H2,13,14,15)(H2,16,17,18)(H2,19,20,21)(H2,22,23,24);(H2,2,3,4);/q-1;;;+1. The van der Waals surface area contributed by atoms with Gasteiger partial charge in [-0.3, -0.25) is 33.2 Å². The van der Waals surface area contributed by atoms with E-state index in [9.17, 15) is 27.4 Å². The largest absolute Gasteiger partial charge is 1.00 e. The van der Waals surface area contributed by atoms with E-state index >= 15 is 0 Å². The van der Waals surface area contributed by atoms with Crippen molar-refractivity contribution in [1.29, 1.82) is 0 Å². The summed E-state index contributed by atoms with van der Waals surface area (Å²) in [6.45, 7) is 4.48.